The number of rotatable bonds is 72. The minimum Gasteiger partial charge on any atom is -0.394 e. The van der Waals surface area contributed by atoms with Gasteiger partial charge in [0.25, 0.3) is 0 Å². The molecule has 0 heterocycles. The van der Waals surface area contributed by atoms with E-state index in [-0.39, 0.29) is 12.5 Å². The summed E-state index contributed by atoms with van der Waals surface area (Å²) >= 11 is 0. The van der Waals surface area contributed by atoms with E-state index < -0.39 is 12.1 Å². The third kappa shape index (κ3) is 69.5. The Hall–Kier alpha value is -1.13. The Morgan fingerprint density at radius 3 is 0.716 bits per heavy atom. The lowest BCUT2D eigenvalue weighted by atomic mass is 10.0. The highest BCUT2D eigenvalue weighted by molar-refractivity contribution is 5.76. The SMILES string of the molecule is CCCCCCCCCCCCCCCCCCCCCCCCCCCCC/C=C/CC/C=C/C(O)C(CO)NC(=O)CCCCCCCCCCCCCCCCCCCCCCCCCCCCCCCCCCCCCC. The molecule has 0 saturated heterocycles. The first kappa shape index (κ1) is 79.9. The highest BCUT2D eigenvalue weighted by atomic mass is 16.3. The highest BCUT2D eigenvalue weighted by Crippen LogP contribution is 2.20. The summed E-state index contributed by atoms with van der Waals surface area (Å²) < 4.78 is 0. The van der Waals surface area contributed by atoms with Gasteiger partial charge < -0.3 is 15.5 Å². The van der Waals surface area contributed by atoms with Gasteiger partial charge in [-0.05, 0) is 32.1 Å². The molecule has 0 saturated carbocycles. The second-order valence-electron chi connectivity index (χ2n) is 26.4. The molecule has 0 aromatic carbocycles. The fourth-order valence-electron chi connectivity index (χ4n) is 12.4. The van der Waals surface area contributed by atoms with Gasteiger partial charge in [0.05, 0.1) is 18.8 Å². The van der Waals surface area contributed by atoms with Crippen LogP contribution >= 0.6 is 0 Å². The Morgan fingerprint density at radius 1 is 0.284 bits per heavy atom. The Kier molecular flexibility index (Phi) is 72.1. The van der Waals surface area contributed by atoms with Gasteiger partial charge in [-0.3, -0.25) is 4.79 Å². The number of hydrogen-bond donors (Lipinski definition) is 3. The Labute approximate surface area is 510 Å². The molecule has 0 aliphatic carbocycles. The minimum atomic E-state index is -0.862. The van der Waals surface area contributed by atoms with Crippen molar-refractivity contribution in [2.75, 3.05) is 6.61 Å². The summed E-state index contributed by atoms with van der Waals surface area (Å²) in [6.45, 7) is 4.36. The number of carbonyl (C=O) groups excluding carboxylic acids is 1. The fourth-order valence-corrected chi connectivity index (χ4v) is 12.4. The molecule has 482 valence electrons. The number of allylic oxidation sites excluding steroid dienone is 3. The summed E-state index contributed by atoms with van der Waals surface area (Å²) in [7, 11) is 0. The number of amides is 1. The van der Waals surface area contributed by atoms with Crippen molar-refractivity contribution in [2.45, 2.75) is 456 Å². The molecule has 0 aromatic heterocycles. The fraction of sp³-hybridized carbons (Fsp3) is 0.935. The van der Waals surface area contributed by atoms with Crippen molar-refractivity contribution in [1.82, 2.24) is 5.32 Å². The van der Waals surface area contributed by atoms with E-state index >= 15 is 0 Å². The lowest BCUT2D eigenvalue weighted by Crippen LogP contribution is -2.45. The molecule has 0 spiro atoms. The summed E-state index contributed by atoms with van der Waals surface area (Å²) in [5.74, 6) is -0.0632. The Morgan fingerprint density at radius 2 is 0.481 bits per heavy atom. The van der Waals surface area contributed by atoms with E-state index in [0.29, 0.717) is 6.42 Å². The molecule has 3 N–H and O–H groups in total. The molecule has 4 heteroatoms. The summed E-state index contributed by atoms with van der Waals surface area (Å²) in [5.41, 5.74) is 0. The van der Waals surface area contributed by atoms with Crippen LogP contribution in [0.25, 0.3) is 0 Å². The Bertz CT molecular complexity index is 1200. The van der Waals surface area contributed by atoms with Crippen LogP contribution in [0.5, 0.6) is 0 Å². The largest absolute Gasteiger partial charge is 0.394 e. The van der Waals surface area contributed by atoms with Gasteiger partial charge in [-0.1, -0.05) is 430 Å². The molecule has 0 fully saturated rings. The summed E-state index contributed by atoms with van der Waals surface area (Å²) in [6, 6.07) is -0.638. The van der Waals surface area contributed by atoms with Crippen LogP contribution in [0.1, 0.15) is 444 Å². The zero-order chi connectivity index (χ0) is 58.4. The average Bonchev–Trinajstić information content (AvgIpc) is 3.47. The average molecular weight is 1140 g/mol. The molecule has 0 aromatic rings. The van der Waals surface area contributed by atoms with E-state index in [4.69, 9.17) is 0 Å². The normalized spacial score (nSPS) is 12.7. The van der Waals surface area contributed by atoms with Crippen LogP contribution in [0, 0.1) is 0 Å². The molecule has 81 heavy (non-hydrogen) atoms. The zero-order valence-corrected chi connectivity index (χ0v) is 55.9. The second-order valence-corrected chi connectivity index (χ2v) is 26.4. The predicted octanol–water partition coefficient (Wildman–Crippen LogP) is 26.1. The summed E-state index contributed by atoms with van der Waals surface area (Å²) in [4.78, 5) is 12.6. The predicted molar refractivity (Wildman–Crippen MR) is 364 cm³/mol. The maximum atomic E-state index is 12.6. The third-order valence-corrected chi connectivity index (χ3v) is 18.2. The van der Waals surface area contributed by atoms with Gasteiger partial charge in [0.2, 0.25) is 5.91 Å². The number of hydrogen-bond acceptors (Lipinski definition) is 3. The molecule has 0 radical (unpaired) electrons. The van der Waals surface area contributed by atoms with Crippen LogP contribution in [0.15, 0.2) is 24.3 Å². The van der Waals surface area contributed by atoms with Gasteiger partial charge in [0.15, 0.2) is 0 Å². The van der Waals surface area contributed by atoms with E-state index in [1.807, 2.05) is 6.08 Å². The van der Waals surface area contributed by atoms with Crippen LogP contribution < -0.4 is 5.32 Å². The van der Waals surface area contributed by atoms with Gasteiger partial charge in [0.1, 0.15) is 0 Å². The highest BCUT2D eigenvalue weighted by Gasteiger charge is 2.18. The van der Waals surface area contributed by atoms with Gasteiger partial charge in [-0.25, -0.2) is 0 Å². The van der Waals surface area contributed by atoms with E-state index in [0.717, 1.165) is 32.1 Å². The van der Waals surface area contributed by atoms with Crippen molar-refractivity contribution in [3.8, 4) is 0 Å². The van der Waals surface area contributed by atoms with Crippen LogP contribution in [-0.4, -0.2) is 34.9 Å². The molecule has 1 amide bonds. The molecular formula is C77H151NO3. The van der Waals surface area contributed by atoms with E-state index in [1.54, 1.807) is 6.08 Å². The molecule has 0 bridgehead atoms. The van der Waals surface area contributed by atoms with Gasteiger partial charge in [-0.15, -0.1) is 0 Å². The number of aliphatic hydroxyl groups is 2. The van der Waals surface area contributed by atoms with Crippen LogP contribution in [0.2, 0.25) is 0 Å². The summed E-state index contributed by atoms with van der Waals surface area (Å²) in [6.07, 6.45) is 100. The van der Waals surface area contributed by atoms with Crippen molar-refractivity contribution >= 4 is 5.91 Å². The molecular weight excluding hydrogens is 987 g/mol. The van der Waals surface area contributed by atoms with Crippen molar-refractivity contribution in [3.05, 3.63) is 24.3 Å². The molecule has 2 unspecified atom stereocenters. The van der Waals surface area contributed by atoms with Gasteiger partial charge in [0, 0.05) is 6.42 Å². The third-order valence-electron chi connectivity index (χ3n) is 18.2. The molecule has 4 nitrogen and oxygen atoms in total. The Balaban J connectivity index is 3.40. The minimum absolute atomic E-state index is 0.0632. The number of unbranched alkanes of at least 4 members (excludes halogenated alkanes) is 63. The quantitative estimate of drug-likeness (QED) is 0.0420. The number of aliphatic hydroxyl groups excluding tert-OH is 2. The lowest BCUT2D eigenvalue weighted by molar-refractivity contribution is -0.123. The van der Waals surface area contributed by atoms with Crippen LogP contribution in [-0.2, 0) is 4.79 Å². The van der Waals surface area contributed by atoms with Crippen LogP contribution in [0.3, 0.4) is 0 Å². The lowest BCUT2D eigenvalue weighted by Gasteiger charge is -2.19. The maximum Gasteiger partial charge on any atom is 0.220 e. The van der Waals surface area contributed by atoms with Crippen molar-refractivity contribution in [2.24, 2.45) is 0 Å². The first-order valence-corrected chi connectivity index (χ1v) is 38.1. The van der Waals surface area contributed by atoms with Crippen molar-refractivity contribution in [1.29, 1.82) is 0 Å². The second kappa shape index (κ2) is 73.1. The first-order valence-electron chi connectivity index (χ1n) is 38.1. The molecule has 0 aliphatic heterocycles. The van der Waals surface area contributed by atoms with Crippen LogP contribution in [0.4, 0.5) is 0 Å². The summed E-state index contributed by atoms with van der Waals surface area (Å²) in [5, 5.41) is 23.3. The van der Waals surface area contributed by atoms with E-state index in [1.165, 1.54) is 392 Å². The number of nitrogens with one attached hydrogen (secondary N) is 1. The maximum absolute atomic E-state index is 12.6. The van der Waals surface area contributed by atoms with E-state index in [2.05, 4.69) is 31.3 Å². The topological polar surface area (TPSA) is 69.6 Å². The zero-order valence-electron chi connectivity index (χ0n) is 55.9. The molecule has 0 aliphatic rings. The molecule has 0 rings (SSSR count). The van der Waals surface area contributed by atoms with Gasteiger partial charge >= 0.3 is 0 Å². The first-order chi connectivity index (χ1) is 40.2. The number of carbonyl (C=O) groups is 1. The van der Waals surface area contributed by atoms with Gasteiger partial charge in [-0.2, -0.15) is 0 Å². The van der Waals surface area contributed by atoms with Crippen molar-refractivity contribution in [3.63, 3.8) is 0 Å². The molecule has 2 atom stereocenters. The smallest absolute Gasteiger partial charge is 0.220 e. The van der Waals surface area contributed by atoms with Crippen molar-refractivity contribution < 1.29 is 15.0 Å². The standard InChI is InChI=1S/C77H151NO3/c1-3-5-7-9-11-13-15-17-19-21-23-25-27-29-31-33-35-37-38-39-41-43-45-47-49-51-53-55-57-59-61-63-65-67-69-71-73-77(81)78-75(74-79)76(80)72-70-68-66-64-62-60-58-56-54-52-50-48-46-44-42-40-36-34-32-30-28-26-24-22-20-18-16-14-12-10-8-6-4-2/h62,64,70,72,75-76,79-80H,3-61,63,65-69,71,73-74H2,1-2H3,(H,78,81)/b64-62+,72-70+. The van der Waals surface area contributed by atoms with E-state index in [9.17, 15) is 15.0 Å². The monoisotopic (exact) mass is 1140 g/mol.